The molecule has 0 radical (unpaired) electrons. The van der Waals surface area contributed by atoms with Gasteiger partial charge in [0, 0.05) is 16.4 Å². The van der Waals surface area contributed by atoms with Gasteiger partial charge in [-0.25, -0.2) is 0 Å². The standard InChI is InChI=1S/C18H17ClN6O3/c1-2-28-14-8-6-12(7-9-14)22-18-23-16(20)15(25(26)27)17(24-18)21-13-5-3-4-11(19)10-13/h3-10H,2H2,1H3,(H4,20,21,22,23,24). The maximum atomic E-state index is 11.4. The molecule has 0 spiro atoms. The molecule has 0 amide bonds. The molecule has 0 saturated carbocycles. The molecule has 10 heteroatoms. The first-order valence-corrected chi connectivity index (χ1v) is 8.68. The molecule has 2 aromatic carbocycles. The van der Waals surface area contributed by atoms with Crippen molar-refractivity contribution in [1.29, 1.82) is 0 Å². The predicted molar refractivity (Wildman–Crippen MR) is 109 cm³/mol. The molecule has 0 aliphatic heterocycles. The Balaban J connectivity index is 1.92. The van der Waals surface area contributed by atoms with Crippen LogP contribution < -0.4 is 21.1 Å². The smallest absolute Gasteiger partial charge is 0.353 e. The molecule has 1 heterocycles. The van der Waals surface area contributed by atoms with E-state index in [0.717, 1.165) is 5.75 Å². The molecule has 4 N–H and O–H groups in total. The molecule has 1 aromatic heterocycles. The molecule has 28 heavy (non-hydrogen) atoms. The van der Waals surface area contributed by atoms with Gasteiger partial charge in [-0.15, -0.1) is 0 Å². The SMILES string of the molecule is CCOc1ccc(Nc2nc(N)c([N+](=O)[O-])c(Nc3cccc(Cl)c3)n2)cc1. The van der Waals surface area contributed by atoms with Crippen LogP contribution in [0.25, 0.3) is 0 Å². The summed E-state index contributed by atoms with van der Waals surface area (Å²) in [5.41, 5.74) is 6.59. The van der Waals surface area contributed by atoms with Gasteiger partial charge in [-0.3, -0.25) is 10.1 Å². The van der Waals surface area contributed by atoms with E-state index in [0.29, 0.717) is 23.0 Å². The third-order valence-corrected chi connectivity index (χ3v) is 3.84. The summed E-state index contributed by atoms with van der Waals surface area (Å²) in [6.07, 6.45) is 0. The van der Waals surface area contributed by atoms with E-state index >= 15 is 0 Å². The summed E-state index contributed by atoms with van der Waals surface area (Å²) in [5, 5.41) is 17.7. The van der Waals surface area contributed by atoms with Gasteiger partial charge in [0.1, 0.15) is 5.75 Å². The van der Waals surface area contributed by atoms with E-state index in [9.17, 15) is 10.1 Å². The third-order valence-electron chi connectivity index (χ3n) is 3.60. The van der Waals surface area contributed by atoms with Crippen molar-refractivity contribution in [3.05, 3.63) is 63.7 Å². The van der Waals surface area contributed by atoms with E-state index in [1.54, 1.807) is 48.5 Å². The van der Waals surface area contributed by atoms with Crippen molar-refractivity contribution in [3.63, 3.8) is 0 Å². The second-order valence-electron chi connectivity index (χ2n) is 5.60. The van der Waals surface area contributed by atoms with Crippen molar-refractivity contribution < 1.29 is 9.66 Å². The van der Waals surface area contributed by atoms with Gasteiger partial charge < -0.3 is 21.1 Å². The fourth-order valence-corrected chi connectivity index (χ4v) is 2.62. The zero-order chi connectivity index (χ0) is 20.1. The quantitative estimate of drug-likeness (QED) is 0.390. The number of benzene rings is 2. The molecule has 0 aliphatic rings. The number of aromatic nitrogens is 2. The Kier molecular flexibility index (Phi) is 5.75. The van der Waals surface area contributed by atoms with Crippen molar-refractivity contribution in [1.82, 2.24) is 9.97 Å². The van der Waals surface area contributed by atoms with Gasteiger partial charge >= 0.3 is 5.69 Å². The fraction of sp³-hybridized carbons (Fsp3) is 0.111. The van der Waals surface area contributed by atoms with Crippen molar-refractivity contribution in [3.8, 4) is 5.75 Å². The first-order chi connectivity index (χ1) is 13.5. The number of halogens is 1. The highest BCUT2D eigenvalue weighted by Gasteiger charge is 2.23. The van der Waals surface area contributed by atoms with Crippen LogP contribution >= 0.6 is 11.6 Å². The molecular weight excluding hydrogens is 384 g/mol. The molecular formula is C18H17ClN6O3. The monoisotopic (exact) mass is 400 g/mol. The zero-order valence-electron chi connectivity index (χ0n) is 14.8. The molecule has 0 atom stereocenters. The van der Waals surface area contributed by atoms with Crippen LogP contribution in [0, 0.1) is 10.1 Å². The number of nitro groups is 1. The number of anilines is 5. The molecule has 3 rings (SSSR count). The van der Waals surface area contributed by atoms with Gasteiger partial charge in [0.05, 0.1) is 11.5 Å². The minimum Gasteiger partial charge on any atom is -0.494 e. The average Bonchev–Trinajstić information content (AvgIpc) is 2.63. The lowest BCUT2D eigenvalue weighted by molar-refractivity contribution is -0.383. The van der Waals surface area contributed by atoms with Gasteiger partial charge in [-0.05, 0) is 49.4 Å². The van der Waals surface area contributed by atoms with E-state index < -0.39 is 10.6 Å². The van der Waals surface area contributed by atoms with E-state index in [1.807, 2.05) is 6.92 Å². The van der Waals surface area contributed by atoms with E-state index in [-0.39, 0.29) is 17.6 Å². The molecule has 0 bridgehead atoms. The number of nitrogens with two attached hydrogens (primary N) is 1. The number of ether oxygens (including phenoxy) is 1. The molecule has 0 fully saturated rings. The second-order valence-corrected chi connectivity index (χ2v) is 6.04. The highest BCUT2D eigenvalue weighted by Crippen LogP contribution is 2.32. The number of nitrogen functional groups attached to an aromatic ring is 1. The lowest BCUT2D eigenvalue weighted by atomic mass is 10.3. The minimum atomic E-state index is -0.636. The van der Waals surface area contributed by atoms with Crippen LogP contribution in [0.3, 0.4) is 0 Å². The number of hydrogen-bond acceptors (Lipinski definition) is 8. The Bertz CT molecular complexity index is 997. The van der Waals surface area contributed by atoms with E-state index in [1.165, 1.54) is 0 Å². The van der Waals surface area contributed by atoms with Crippen LogP contribution in [-0.2, 0) is 0 Å². The third kappa shape index (κ3) is 4.57. The topological polar surface area (TPSA) is 128 Å². The number of nitrogens with one attached hydrogen (secondary N) is 2. The predicted octanol–water partition coefficient (Wildman–Crippen LogP) is 4.51. The summed E-state index contributed by atoms with van der Waals surface area (Å²) in [5.74, 6) is 0.517. The van der Waals surface area contributed by atoms with Crippen molar-refractivity contribution in [2.45, 2.75) is 6.92 Å². The summed E-state index contributed by atoms with van der Waals surface area (Å²) in [7, 11) is 0. The average molecular weight is 401 g/mol. The fourth-order valence-electron chi connectivity index (χ4n) is 2.43. The van der Waals surface area contributed by atoms with Gasteiger partial charge in [-0.1, -0.05) is 17.7 Å². The van der Waals surface area contributed by atoms with Gasteiger partial charge in [0.25, 0.3) is 0 Å². The van der Waals surface area contributed by atoms with Crippen LogP contribution in [-0.4, -0.2) is 21.5 Å². The van der Waals surface area contributed by atoms with Crippen LogP contribution in [0.2, 0.25) is 5.02 Å². The largest absolute Gasteiger partial charge is 0.494 e. The summed E-state index contributed by atoms with van der Waals surface area (Å²) >= 11 is 5.96. The highest BCUT2D eigenvalue weighted by molar-refractivity contribution is 6.30. The lowest BCUT2D eigenvalue weighted by Gasteiger charge is -2.11. The van der Waals surface area contributed by atoms with E-state index in [2.05, 4.69) is 20.6 Å². The highest BCUT2D eigenvalue weighted by atomic mass is 35.5. The number of hydrogen-bond donors (Lipinski definition) is 3. The molecule has 3 aromatic rings. The second kappa shape index (κ2) is 8.40. The Hall–Kier alpha value is -3.59. The summed E-state index contributed by atoms with van der Waals surface area (Å²) < 4.78 is 5.39. The first kappa shape index (κ1) is 19.2. The normalized spacial score (nSPS) is 10.4. The maximum absolute atomic E-state index is 11.4. The van der Waals surface area contributed by atoms with Crippen molar-refractivity contribution in [2.75, 3.05) is 23.0 Å². The molecule has 144 valence electrons. The molecule has 0 aliphatic carbocycles. The Morgan fingerprint density at radius 2 is 1.89 bits per heavy atom. The van der Waals surface area contributed by atoms with Crippen LogP contribution in [0.5, 0.6) is 5.75 Å². The van der Waals surface area contributed by atoms with Crippen LogP contribution in [0.15, 0.2) is 48.5 Å². The summed E-state index contributed by atoms with van der Waals surface area (Å²) in [6.45, 7) is 2.46. The van der Waals surface area contributed by atoms with Crippen molar-refractivity contribution in [2.24, 2.45) is 0 Å². The van der Waals surface area contributed by atoms with E-state index in [4.69, 9.17) is 22.1 Å². The summed E-state index contributed by atoms with van der Waals surface area (Å²) in [4.78, 5) is 19.0. The minimum absolute atomic E-state index is 0.0480. The van der Waals surface area contributed by atoms with Crippen molar-refractivity contribution >= 4 is 46.2 Å². The molecule has 9 nitrogen and oxygen atoms in total. The Labute approximate surface area is 165 Å². The van der Waals surface area contributed by atoms with Gasteiger partial charge in [0.15, 0.2) is 0 Å². The summed E-state index contributed by atoms with van der Waals surface area (Å²) in [6, 6.07) is 13.8. The van der Waals surface area contributed by atoms with Crippen LogP contribution in [0.1, 0.15) is 6.92 Å². The number of nitrogens with zero attached hydrogens (tertiary/aromatic N) is 3. The van der Waals surface area contributed by atoms with Gasteiger partial charge in [0.2, 0.25) is 17.6 Å². The first-order valence-electron chi connectivity index (χ1n) is 8.30. The Morgan fingerprint density at radius 1 is 1.14 bits per heavy atom. The lowest BCUT2D eigenvalue weighted by Crippen LogP contribution is -2.08. The number of rotatable bonds is 7. The molecule has 0 saturated heterocycles. The van der Waals surface area contributed by atoms with Crippen LogP contribution in [0.4, 0.5) is 34.6 Å². The van der Waals surface area contributed by atoms with Gasteiger partial charge in [-0.2, -0.15) is 9.97 Å². The maximum Gasteiger partial charge on any atom is 0.353 e. The zero-order valence-corrected chi connectivity index (χ0v) is 15.6. The Morgan fingerprint density at radius 3 is 2.54 bits per heavy atom. The molecule has 0 unspecified atom stereocenters.